The molecule has 0 aliphatic carbocycles. The second kappa shape index (κ2) is 3.30. The number of aromatic nitrogens is 1. The van der Waals surface area contributed by atoms with E-state index < -0.39 is 0 Å². The van der Waals surface area contributed by atoms with Crippen molar-refractivity contribution in [2.75, 3.05) is 0 Å². The van der Waals surface area contributed by atoms with E-state index in [1.165, 1.54) is 17.4 Å². The van der Waals surface area contributed by atoms with Crippen molar-refractivity contribution in [2.24, 2.45) is 5.73 Å². The minimum absolute atomic E-state index is 0.226. The first-order chi connectivity index (χ1) is 5.18. The molecule has 11 heavy (non-hydrogen) atoms. The molecule has 0 aliphatic heterocycles. The maximum absolute atomic E-state index is 10.7. The average molecular weight is 168 g/mol. The van der Waals surface area contributed by atoms with Gasteiger partial charge in [0.05, 0.1) is 0 Å². The molecule has 0 saturated heterocycles. The average Bonchev–Trinajstić information content (AvgIpc) is 1.85. The zero-order chi connectivity index (χ0) is 8.27. The highest BCUT2D eigenvalue weighted by atomic mass is 32.1. The molecular weight excluding hydrogens is 160 g/mol. The Bertz CT molecular complexity index is 325. The highest BCUT2D eigenvalue weighted by Crippen LogP contribution is 2.03. The lowest BCUT2D eigenvalue weighted by Gasteiger charge is -1.89. The number of hydrogen-bond donors (Lipinski definition) is 1. The van der Waals surface area contributed by atoms with Gasteiger partial charge in [-0.05, 0) is 18.4 Å². The van der Waals surface area contributed by atoms with Crippen LogP contribution in [0.2, 0.25) is 0 Å². The van der Waals surface area contributed by atoms with Gasteiger partial charge in [0.15, 0.2) is 0 Å². The first kappa shape index (κ1) is 7.94. The summed E-state index contributed by atoms with van der Waals surface area (Å²) in [6.45, 7) is 1.76. The smallest absolute Gasteiger partial charge is 0.271 e. The third-order valence-corrected chi connectivity index (χ3v) is 1.69. The summed E-state index contributed by atoms with van der Waals surface area (Å²) >= 11 is 1.39. The fraction of sp³-hybridized carbons (Fsp3) is 0.143. The van der Waals surface area contributed by atoms with E-state index in [4.69, 9.17) is 5.73 Å². The van der Waals surface area contributed by atoms with Gasteiger partial charge in [0, 0.05) is 11.8 Å². The summed E-state index contributed by atoms with van der Waals surface area (Å²) < 4.78 is 0. The van der Waals surface area contributed by atoms with Crippen LogP contribution in [-0.2, 0) is 0 Å². The Morgan fingerprint density at radius 3 is 3.09 bits per heavy atom. The van der Waals surface area contributed by atoms with E-state index in [2.05, 4.69) is 4.98 Å². The molecule has 1 heterocycles. The van der Waals surface area contributed by atoms with Crippen molar-refractivity contribution in [3.63, 3.8) is 0 Å². The van der Waals surface area contributed by atoms with Crippen molar-refractivity contribution in [1.82, 2.24) is 4.98 Å². The number of nitrogens with zero attached hydrogens (tertiary/aromatic N) is 1. The molecule has 0 radical (unpaired) electrons. The molecule has 0 bridgehead atoms. The van der Waals surface area contributed by atoms with Crippen LogP contribution in [0.5, 0.6) is 0 Å². The number of hydrogen-bond acceptors (Lipinski definition) is 4. The monoisotopic (exact) mass is 168 g/mol. The Balaban J connectivity index is 3.07. The van der Waals surface area contributed by atoms with Crippen molar-refractivity contribution in [3.05, 3.63) is 32.5 Å². The molecule has 1 rings (SSSR count). The van der Waals surface area contributed by atoms with E-state index in [0.29, 0.717) is 10.7 Å². The molecular formula is C7H8N2OS. The van der Waals surface area contributed by atoms with Crippen LogP contribution >= 0.6 is 11.3 Å². The van der Waals surface area contributed by atoms with E-state index in [1.54, 1.807) is 18.4 Å². The molecule has 1 aromatic rings. The highest BCUT2D eigenvalue weighted by Gasteiger charge is 1.90. The van der Waals surface area contributed by atoms with Crippen LogP contribution in [0, 0.1) is 0 Å². The van der Waals surface area contributed by atoms with Gasteiger partial charge in [-0.25, -0.2) is 0 Å². The van der Waals surface area contributed by atoms with Crippen molar-refractivity contribution in [2.45, 2.75) is 6.92 Å². The highest BCUT2D eigenvalue weighted by molar-refractivity contribution is 7.10. The van der Waals surface area contributed by atoms with Gasteiger partial charge in [-0.1, -0.05) is 0 Å². The van der Waals surface area contributed by atoms with Gasteiger partial charge in [0.2, 0.25) is 0 Å². The van der Waals surface area contributed by atoms with Crippen molar-refractivity contribution in [1.29, 1.82) is 0 Å². The van der Waals surface area contributed by atoms with Crippen LogP contribution in [0.15, 0.2) is 21.9 Å². The van der Waals surface area contributed by atoms with Crippen LogP contribution in [0.3, 0.4) is 0 Å². The van der Waals surface area contributed by atoms with Gasteiger partial charge in [-0.3, -0.25) is 4.79 Å². The molecule has 2 N–H and O–H groups in total. The van der Waals surface area contributed by atoms with Crippen LogP contribution in [-0.4, -0.2) is 4.98 Å². The van der Waals surface area contributed by atoms with Crippen LogP contribution in [0.25, 0.3) is 6.08 Å². The predicted octanol–water partition coefficient (Wildman–Crippen LogP) is 0.823. The molecule has 0 unspecified atom stereocenters. The fourth-order valence-electron chi connectivity index (χ4n) is 0.595. The van der Waals surface area contributed by atoms with Gasteiger partial charge in [0.25, 0.3) is 5.56 Å². The van der Waals surface area contributed by atoms with E-state index >= 15 is 0 Å². The van der Waals surface area contributed by atoms with E-state index in [1.807, 2.05) is 0 Å². The van der Waals surface area contributed by atoms with E-state index in [-0.39, 0.29) is 5.56 Å². The van der Waals surface area contributed by atoms with Crippen molar-refractivity contribution >= 4 is 17.4 Å². The molecule has 0 saturated carbocycles. The van der Waals surface area contributed by atoms with Crippen LogP contribution in [0.4, 0.5) is 0 Å². The molecule has 0 atom stereocenters. The molecule has 0 spiro atoms. The zero-order valence-electron chi connectivity index (χ0n) is 6.07. The molecule has 0 aromatic carbocycles. The van der Waals surface area contributed by atoms with E-state index in [9.17, 15) is 4.79 Å². The van der Waals surface area contributed by atoms with Gasteiger partial charge < -0.3 is 5.73 Å². The number of nitrogens with two attached hydrogens (primary N) is 1. The Morgan fingerprint density at radius 1 is 1.82 bits per heavy atom. The molecule has 0 amide bonds. The quantitative estimate of drug-likeness (QED) is 0.675. The number of rotatable bonds is 1. The number of allylic oxidation sites excluding steroid dienone is 1. The minimum atomic E-state index is -0.226. The lowest BCUT2D eigenvalue weighted by Crippen LogP contribution is -2.02. The molecule has 4 heteroatoms. The van der Waals surface area contributed by atoms with Gasteiger partial charge in [0.1, 0.15) is 5.01 Å². The summed E-state index contributed by atoms with van der Waals surface area (Å²) in [7, 11) is 0. The van der Waals surface area contributed by atoms with Gasteiger partial charge in [-0.2, -0.15) is 4.98 Å². The van der Waals surface area contributed by atoms with Crippen LogP contribution < -0.4 is 11.3 Å². The molecule has 58 valence electrons. The van der Waals surface area contributed by atoms with Crippen LogP contribution in [0.1, 0.15) is 11.9 Å². The largest absolute Gasteiger partial charge is 0.402 e. The summed E-state index contributed by atoms with van der Waals surface area (Å²) in [4.78, 5) is 14.4. The maximum atomic E-state index is 10.7. The first-order valence-corrected chi connectivity index (χ1v) is 3.96. The topological polar surface area (TPSA) is 56.0 Å². The second-order valence-corrected chi connectivity index (χ2v) is 3.02. The van der Waals surface area contributed by atoms with Crippen molar-refractivity contribution in [3.8, 4) is 0 Å². The maximum Gasteiger partial charge on any atom is 0.271 e. The van der Waals surface area contributed by atoms with Gasteiger partial charge >= 0.3 is 0 Å². The zero-order valence-corrected chi connectivity index (χ0v) is 6.89. The fourth-order valence-corrected chi connectivity index (χ4v) is 1.32. The Hall–Kier alpha value is -1.16. The lowest BCUT2D eigenvalue weighted by atomic mass is 10.5. The predicted molar refractivity (Wildman–Crippen MR) is 46.2 cm³/mol. The summed E-state index contributed by atoms with van der Waals surface area (Å²) in [6.07, 6.45) is 1.67. The third-order valence-electron chi connectivity index (χ3n) is 0.971. The lowest BCUT2D eigenvalue weighted by molar-refractivity contribution is 1.25. The molecule has 1 aromatic heterocycles. The SMILES string of the molecule is C/C(N)=C\c1nc(=O)ccs1. The Kier molecular flexibility index (Phi) is 2.38. The minimum Gasteiger partial charge on any atom is -0.402 e. The Labute approximate surface area is 68.2 Å². The standard InChI is InChI=1S/C7H8N2OS/c1-5(8)4-7-9-6(10)2-3-11-7/h2-4H,8H2,1H3/b5-4+. The molecule has 0 fully saturated rings. The van der Waals surface area contributed by atoms with E-state index in [0.717, 1.165) is 0 Å². The summed E-state index contributed by atoms with van der Waals surface area (Å²) in [5.74, 6) is 0. The van der Waals surface area contributed by atoms with Gasteiger partial charge in [-0.15, -0.1) is 11.3 Å². The summed E-state index contributed by atoms with van der Waals surface area (Å²) in [5, 5.41) is 2.35. The molecule has 3 nitrogen and oxygen atoms in total. The summed E-state index contributed by atoms with van der Waals surface area (Å²) in [6, 6.07) is 1.42. The normalized spacial score (nSPS) is 11.5. The second-order valence-electron chi connectivity index (χ2n) is 2.10. The Morgan fingerprint density at radius 2 is 2.55 bits per heavy atom. The first-order valence-electron chi connectivity index (χ1n) is 3.08. The molecule has 0 aliphatic rings. The van der Waals surface area contributed by atoms with Crippen molar-refractivity contribution < 1.29 is 0 Å². The third kappa shape index (κ3) is 2.51. The summed E-state index contributed by atoms with van der Waals surface area (Å²) in [5.41, 5.74) is 5.83.